The summed E-state index contributed by atoms with van der Waals surface area (Å²) < 4.78 is 15.2. The average molecular weight is 423 g/mol. The van der Waals surface area contributed by atoms with E-state index in [1.165, 1.54) is 11.1 Å². The zero-order valence-corrected chi connectivity index (χ0v) is 15.9. The van der Waals surface area contributed by atoms with E-state index in [0.29, 0.717) is 22.0 Å². The topological polar surface area (TPSA) is 32.7 Å². The third-order valence-corrected chi connectivity index (χ3v) is 5.29. The van der Waals surface area contributed by atoms with Crippen LogP contribution in [0.3, 0.4) is 0 Å². The fraction of sp³-hybridized carbons (Fsp3) is 0.0909. The number of carbonyl (C=O) groups excluding carboxylic acids is 1. The van der Waals surface area contributed by atoms with Crippen molar-refractivity contribution >= 4 is 27.5 Å². The molecule has 1 heterocycles. The molecule has 3 nitrogen and oxygen atoms in total. The minimum absolute atomic E-state index is 0.262. The molecule has 27 heavy (non-hydrogen) atoms. The fourth-order valence-corrected chi connectivity index (χ4v) is 3.70. The molecule has 1 aliphatic rings. The maximum Gasteiger partial charge on any atom is 0.275 e. The Kier molecular flexibility index (Phi) is 4.86. The largest absolute Gasteiger partial charge is 0.275 e. The SMILES string of the molecule is O=C(c1ccccc1Br)N1N=C(c2ccccc2)C[C@@H]1c1ccccc1F. The van der Waals surface area contributed by atoms with Crippen LogP contribution in [-0.2, 0) is 0 Å². The Labute approximate surface area is 165 Å². The molecule has 0 spiro atoms. The Balaban J connectivity index is 1.78. The summed E-state index contributed by atoms with van der Waals surface area (Å²) in [7, 11) is 0. The summed E-state index contributed by atoms with van der Waals surface area (Å²) in [4.78, 5) is 13.2. The zero-order chi connectivity index (χ0) is 18.8. The van der Waals surface area contributed by atoms with Crippen molar-refractivity contribution in [3.63, 3.8) is 0 Å². The molecule has 3 aromatic rings. The zero-order valence-electron chi connectivity index (χ0n) is 14.3. The number of halogens is 2. The summed E-state index contributed by atoms with van der Waals surface area (Å²) in [5.41, 5.74) is 2.66. The molecule has 0 fully saturated rings. The van der Waals surface area contributed by atoms with E-state index < -0.39 is 6.04 Å². The maximum absolute atomic E-state index is 14.5. The molecule has 0 aliphatic carbocycles. The van der Waals surface area contributed by atoms with E-state index in [1.54, 1.807) is 30.3 Å². The Morgan fingerprint density at radius 3 is 2.37 bits per heavy atom. The lowest BCUT2D eigenvalue weighted by atomic mass is 9.97. The van der Waals surface area contributed by atoms with E-state index in [0.717, 1.165) is 11.3 Å². The van der Waals surface area contributed by atoms with Gasteiger partial charge in [-0.15, -0.1) is 0 Å². The van der Waals surface area contributed by atoms with Crippen molar-refractivity contribution in [3.05, 3.63) is 106 Å². The van der Waals surface area contributed by atoms with Gasteiger partial charge in [0.05, 0.1) is 17.3 Å². The van der Waals surface area contributed by atoms with E-state index in [1.807, 2.05) is 42.5 Å². The summed E-state index contributed by atoms with van der Waals surface area (Å²) >= 11 is 3.42. The van der Waals surface area contributed by atoms with Gasteiger partial charge < -0.3 is 0 Å². The first kappa shape index (κ1) is 17.6. The van der Waals surface area contributed by atoms with Crippen LogP contribution in [0.2, 0.25) is 0 Å². The predicted molar refractivity (Wildman–Crippen MR) is 107 cm³/mol. The molecule has 1 amide bonds. The number of hydrogen-bond donors (Lipinski definition) is 0. The van der Waals surface area contributed by atoms with Crippen molar-refractivity contribution in [1.29, 1.82) is 0 Å². The molecule has 0 bridgehead atoms. The van der Waals surface area contributed by atoms with Crippen LogP contribution >= 0.6 is 15.9 Å². The average Bonchev–Trinajstić information content (AvgIpc) is 3.14. The summed E-state index contributed by atoms with van der Waals surface area (Å²) in [5, 5.41) is 5.99. The number of nitrogens with zero attached hydrogens (tertiary/aromatic N) is 2. The van der Waals surface area contributed by atoms with Gasteiger partial charge in [-0.1, -0.05) is 60.7 Å². The van der Waals surface area contributed by atoms with Crippen molar-refractivity contribution in [2.45, 2.75) is 12.5 Å². The summed E-state index contributed by atoms with van der Waals surface area (Å²) in [6.45, 7) is 0. The predicted octanol–water partition coefficient (Wildman–Crippen LogP) is 5.58. The Bertz CT molecular complexity index is 1020. The van der Waals surface area contributed by atoms with Gasteiger partial charge in [0.25, 0.3) is 5.91 Å². The minimum Gasteiger partial charge on any atom is -0.267 e. The van der Waals surface area contributed by atoms with Crippen LogP contribution in [0.15, 0.2) is 88.4 Å². The Morgan fingerprint density at radius 1 is 0.963 bits per heavy atom. The first-order chi connectivity index (χ1) is 13.1. The van der Waals surface area contributed by atoms with Crippen LogP contribution in [0.4, 0.5) is 4.39 Å². The highest BCUT2D eigenvalue weighted by Crippen LogP contribution is 2.35. The van der Waals surface area contributed by atoms with Gasteiger partial charge in [-0.05, 0) is 39.7 Å². The number of carbonyl (C=O) groups is 1. The van der Waals surface area contributed by atoms with E-state index in [-0.39, 0.29) is 11.7 Å². The van der Waals surface area contributed by atoms with Crippen molar-refractivity contribution in [2.75, 3.05) is 0 Å². The molecule has 3 aromatic carbocycles. The van der Waals surface area contributed by atoms with Gasteiger partial charge >= 0.3 is 0 Å². The summed E-state index contributed by atoms with van der Waals surface area (Å²) in [6.07, 6.45) is 0.459. The fourth-order valence-electron chi connectivity index (χ4n) is 3.25. The van der Waals surface area contributed by atoms with Crippen LogP contribution in [-0.4, -0.2) is 16.6 Å². The molecule has 0 unspecified atom stereocenters. The second kappa shape index (κ2) is 7.45. The van der Waals surface area contributed by atoms with Gasteiger partial charge in [0.2, 0.25) is 0 Å². The molecule has 1 atom stereocenters. The highest BCUT2D eigenvalue weighted by atomic mass is 79.9. The Morgan fingerprint density at radius 2 is 1.63 bits per heavy atom. The van der Waals surface area contributed by atoms with Gasteiger partial charge in [0, 0.05) is 16.5 Å². The van der Waals surface area contributed by atoms with Gasteiger partial charge in [0.1, 0.15) is 5.82 Å². The number of amides is 1. The second-order valence-electron chi connectivity index (χ2n) is 6.28. The number of rotatable bonds is 3. The molecular formula is C22H16BrFN2O. The van der Waals surface area contributed by atoms with Crippen LogP contribution in [0.1, 0.15) is 33.9 Å². The van der Waals surface area contributed by atoms with Gasteiger partial charge in [-0.2, -0.15) is 5.10 Å². The third kappa shape index (κ3) is 3.43. The number of benzene rings is 3. The van der Waals surface area contributed by atoms with Crippen LogP contribution in [0, 0.1) is 5.82 Å². The molecule has 4 rings (SSSR count). The van der Waals surface area contributed by atoms with E-state index in [4.69, 9.17) is 0 Å². The molecule has 0 saturated heterocycles. The highest BCUT2D eigenvalue weighted by molar-refractivity contribution is 9.10. The van der Waals surface area contributed by atoms with Crippen molar-refractivity contribution in [3.8, 4) is 0 Å². The molecule has 5 heteroatoms. The molecule has 0 radical (unpaired) electrons. The van der Waals surface area contributed by atoms with Crippen molar-refractivity contribution in [2.24, 2.45) is 5.10 Å². The lowest BCUT2D eigenvalue weighted by Gasteiger charge is -2.23. The standard InChI is InChI=1S/C22H16BrFN2O/c23-18-12-6-4-10-16(18)22(27)26-21(17-11-5-7-13-19(17)24)14-20(25-26)15-8-2-1-3-9-15/h1-13,21H,14H2/t21-/m1/s1. The molecule has 0 N–H and O–H groups in total. The smallest absolute Gasteiger partial charge is 0.267 e. The van der Waals surface area contributed by atoms with Gasteiger partial charge in [0.15, 0.2) is 0 Å². The highest BCUT2D eigenvalue weighted by Gasteiger charge is 2.35. The quantitative estimate of drug-likeness (QED) is 0.542. The van der Waals surface area contributed by atoms with Gasteiger partial charge in [-0.25, -0.2) is 9.40 Å². The minimum atomic E-state index is -0.485. The molecule has 0 saturated carbocycles. The molecule has 134 valence electrons. The number of hydrogen-bond acceptors (Lipinski definition) is 2. The lowest BCUT2D eigenvalue weighted by Crippen LogP contribution is -2.28. The van der Waals surface area contributed by atoms with Crippen LogP contribution < -0.4 is 0 Å². The lowest BCUT2D eigenvalue weighted by molar-refractivity contribution is 0.0708. The summed E-state index contributed by atoms with van der Waals surface area (Å²) in [5.74, 6) is -0.599. The van der Waals surface area contributed by atoms with Crippen LogP contribution in [0.25, 0.3) is 0 Å². The third-order valence-electron chi connectivity index (χ3n) is 4.59. The maximum atomic E-state index is 14.5. The normalized spacial score (nSPS) is 16.3. The monoisotopic (exact) mass is 422 g/mol. The van der Waals surface area contributed by atoms with E-state index in [9.17, 15) is 9.18 Å². The van der Waals surface area contributed by atoms with Gasteiger partial charge in [-0.3, -0.25) is 4.79 Å². The van der Waals surface area contributed by atoms with E-state index in [2.05, 4.69) is 21.0 Å². The molecule has 0 aromatic heterocycles. The molecular weight excluding hydrogens is 407 g/mol. The van der Waals surface area contributed by atoms with E-state index >= 15 is 0 Å². The summed E-state index contributed by atoms with van der Waals surface area (Å²) in [6, 6.07) is 22.9. The molecule has 1 aliphatic heterocycles. The second-order valence-corrected chi connectivity index (χ2v) is 7.14. The van der Waals surface area contributed by atoms with Crippen molar-refractivity contribution in [1.82, 2.24) is 5.01 Å². The first-order valence-electron chi connectivity index (χ1n) is 8.60. The number of hydrazone groups is 1. The Hall–Kier alpha value is -2.79. The van der Waals surface area contributed by atoms with Crippen LogP contribution in [0.5, 0.6) is 0 Å². The van der Waals surface area contributed by atoms with Crippen molar-refractivity contribution < 1.29 is 9.18 Å². The first-order valence-corrected chi connectivity index (χ1v) is 9.40.